The molecule has 2 aromatic rings. The van der Waals surface area contributed by atoms with Crippen molar-refractivity contribution in [3.8, 4) is 0 Å². The maximum atomic E-state index is 6.31. The van der Waals surface area contributed by atoms with Crippen molar-refractivity contribution >= 4 is 27.5 Å². The van der Waals surface area contributed by atoms with Gasteiger partial charge in [-0.3, -0.25) is 0 Å². The second-order valence-corrected chi connectivity index (χ2v) is 5.77. The van der Waals surface area contributed by atoms with Gasteiger partial charge in [-0.1, -0.05) is 41.4 Å². The van der Waals surface area contributed by atoms with Crippen molar-refractivity contribution in [2.24, 2.45) is 5.73 Å². The average Bonchev–Trinajstić information content (AvgIpc) is 2.32. The number of nitrogens with two attached hydrogens (primary N) is 1. The highest BCUT2D eigenvalue weighted by molar-refractivity contribution is 9.10. The van der Waals surface area contributed by atoms with Crippen LogP contribution in [0.15, 0.2) is 40.9 Å². The van der Waals surface area contributed by atoms with Gasteiger partial charge >= 0.3 is 0 Å². The number of hydrogen-bond acceptors (Lipinski definition) is 1. The van der Waals surface area contributed by atoms with Crippen molar-refractivity contribution in [2.45, 2.75) is 19.9 Å². The van der Waals surface area contributed by atoms with E-state index in [1.807, 2.05) is 18.2 Å². The van der Waals surface area contributed by atoms with Gasteiger partial charge in [0.15, 0.2) is 0 Å². The fourth-order valence-corrected chi connectivity index (χ4v) is 2.50. The molecule has 0 bridgehead atoms. The lowest BCUT2D eigenvalue weighted by Crippen LogP contribution is -2.13. The van der Waals surface area contributed by atoms with Crippen LogP contribution in [0.25, 0.3) is 0 Å². The van der Waals surface area contributed by atoms with E-state index in [-0.39, 0.29) is 6.04 Å². The normalized spacial score (nSPS) is 12.5. The van der Waals surface area contributed by atoms with Crippen LogP contribution in [0.4, 0.5) is 0 Å². The molecular weight excluding hydrogens is 310 g/mol. The van der Waals surface area contributed by atoms with Crippen LogP contribution in [0.2, 0.25) is 5.02 Å². The third-order valence-electron chi connectivity index (χ3n) is 3.06. The summed E-state index contributed by atoms with van der Waals surface area (Å²) >= 11 is 9.49. The molecule has 0 heterocycles. The largest absolute Gasteiger partial charge is 0.320 e. The number of hydrogen-bond donors (Lipinski definition) is 1. The number of rotatable bonds is 2. The van der Waals surface area contributed by atoms with Crippen LogP contribution in [-0.2, 0) is 0 Å². The van der Waals surface area contributed by atoms with Gasteiger partial charge in [0.2, 0.25) is 0 Å². The first kappa shape index (κ1) is 13.6. The number of aryl methyl sites for hydroxylation is 2. The topological polar surface area (TPSA) is 26.0 Å². The molecule has 0 amide bonds. The summed E-state index contributed by atoms with van der Waals surface area (Å²) in [6.45, 7) is 4.17. The molecule has 2 rings (SSSR count). The van der Waals surface area contributed by atoms with Crippen LogP contribution in [0, 0.1) is 13.8 Å². The lowest BCUT2D eigenvalue weighted by atomic mass is 9.95. The van der Waals surface area contributed by atoms with Gasteiger partial charge in [-0.15, -0.1) is 0 Å². The lowest BCUT2D eigenvalue weighted by molar-refractivity contribution is 0.860. The molecule has 0 aromatic heterocycles. The Balaban J connectivity index is 2.41. The molecule has 0 aliphatic heterocycles. The Bertz CT molecular complexity index is 581. The summed E-state index contributed by atoms with van der Waals surface area (Å²) in [5, 5.41) is 0.688. The second kappa shape index (κ2) is 5.43. The molecule has 0 saturated carbocycles. The molecule has 0 fully saturated rings. The van der Waals surface area contributed by atoms with E-state index in [0.717, 1.165) is 15.6 Å². The highest BCUT2D eigenvalue weighted by Crippen LogP contribution is 2.29. The van der Waals surface area contributed by atoms with E-state index in [0.29, 0.717) is 5.02 Å². The predicted molar refractivity (Wildman–Crippen MR) is 81.1 cm³/mol. The Morgan fingerprint density at radius 2 is 1.83 bits per heavy atom. The van der Waals surface area contributed by atoms with Gasteiger partial charge in [-0.05, 0) is 58.6 Å². The van der Waals surface area contributed by atoms with E-state index in [2.05, 4.69) is 48.0 Å². The smallest absolute Gasteiger partial charge is 0.0554 e. The quantitative estimate of drug-likeness (QED) is 0.846. The molecule has 1 atom stereocenters. The monoisotopic (exact) mass is 323 g/mol. The molecule has 0 saturated heterocycles. The van der Waals surface area contributed by atoms with Gasteiger partial charge < -0.3 is 5.73 Å². The zero-order valence-electron chi connectivity index (χ0n) is 10.4. The summed E-state index contributed by atoms with van der Waals surface area (Å²) in [5.74, 6) is 0. The van der Waals surface area contributed by atoms with Crippen molar-refractivity contribution in [1.82, 2.24) is 0 Å². The van der Waals surface area contributed by atoms with Crippen LogP contribution in [0.1, 0.15) is 28.3 Å². The van der Waals surface area contributed by atoms with Crippen molar-refractivity contribution in [3.63, 3.8) is 0 Å². The summed E-state index contributed by atoms with van der Waals surface area (Å²) in [4.78, 5) is 0. The second-order valence-electron chi connectivity index (χ2n) is 4.51. The van der Waals surface area contributed by atoms with Crippen molar-refractivity contribution < 1.29 is 0 Å². The zero-order chi connectivity index (χ0) is 13.3. The van der Waals surface area contributed by atoms with E-state index < -0.39 is 0 Å². The number of benzene rings is 2. The van der Waals surface area contributed by atoms with E-state index in [9.17, 15) is 0 Å². The maximum absolute atomic E-state index is 6.31. The Labute approximate surface area is 121 Å². The first-order valence-corrected chi connectivity index (χ1v) is 6.94. The summed E-state index contributed by atoms with van der Waals surface area (Å²) in [6, 6.07) is 12.0. The van der Waals surface area contributed by atoms with Gasteiger partial charge in [0.25, 0.3) is 0 Å². The van der Waals surface area contributed by atoms with Crippen LogP contribution >= 0.6 is 27.5 Å². The zero-order valence-corrected chi connectivity index (χ0v) is 12.7. The molecule has 0 aliphatic carbocycles. The summed E-state index contributed by atoms with van der Waals surface area (Å²) in [5.41, 5.74) is 10.9. The molecule has 1 unspecified atom stereocenters. The minimum absolute atomic E-state index is 0.142. The van der Waals surface area contributed by atoms with Crippen LogP contribution in [0.3, 0.4) is 0 Å². The van der Waals surface area contributed by atoms with Crippen molar-refractivity contribution in [2.75, 3.05) is 0 Å². The van der Waals surface area contributed by atoms with Gasteiger partial charge in [0.05, 0.1) is 11.1 Å². The fraction of sp³-hybridized carbons (Fsp3) is 0.200. The number of halogens is 2. The SMILES string of the molecule is Cc1ccc(C(N)c2ccc(Br)c(Cl)c2)c(C)c1. The first-order chi connectivity index (χ1) is 8.49. The van der Waals surface area contributed by atoms with Gasteiger partial charge in [-0.25, -0.2) is 0 Å². The van der Waals surface area contributed by atoms with E-state index in [1.165, 1.54) is 11.1 Å². The molecule has 1 nitrogen and oxygen atoms in total. The first-order valence-electron chi connectivity index (χ1n) is 5.76. The van der Waals surface area contributed by atoms with Crippen molar-refractivity contribution in [3.05, 3.63) is 68.1 Å². The van der Waals surface area contributed by atoms with Gasteiger partial charge in [0, 0.05) is 4.47 Å². The minimum atomic E-state index is -0.142. The summed E-state index contributed by atoms with van der Waals surface area (Å²) < 4.78 is 0.890. The Morgan fingerprint density at radius 1 is 1.11 bits per heavy atom. The predicted octanol–water partition coefficient (Wildman–Crippen LogP) is 4.77. The molecular formula is C15H15BrClN. The minimum Gasteiger partial charge on any atom is -0.320 e. The third kappa shape index (κ3) is 2.77. The lowest BCUT2D eigenvalue weighted by Gasteiger charge is -2.16. The van der Waals surface area contributed by atoms with Crippen LogP contribution in [0.5, 0.6) is 0 Å². The average molecular weight is 325 g/mol. The highest BCUT2D eigenvalue weighted by Gasteiger charge is 2.12. The van der Waals surface area contributed by atoms with E-state index in [1.54, 1.807) is 0 Å². The molecule has 94 valence electrons. The van der Waals surface area contributed by atoms with E-state index >= 15 is 0 Å². The third-order valence-corrected chi connectivity index (χ3v) is 4.30. The molecule has 0 radical (unpaired) electrons. The molecule has 0 spiro atoms. The molecule has 2 N–H and O–H groups in total. The Morgan fingerprint density at radius 3 is 2.44 bits per heavy atom. The molecule has 0 aliphatic rings. The fourth-order valence-electron chi connectivity index (χ4n) is 2.06. The van der Waals surface area contributed by atoms with Crippen LogP contribution < -0.4 is 5.73 Å². The van der Waals surface area contributed by atoms with Gasteiger partial charge in [-0.2, -0.15) is 0 Å². The summed E-state index contributed by atoms with van der Waals surface area (Å²) in [7, 11) is 0. The standard InChI is InChI=1S/C15H15BrClN/c1-9-3-5-12(10(2)7-9)15(18)11-4-6-13(16)14(17)8-11/h3-8,15H,18H2,1-2H3. The van der Waals surface area contributed by atoms with Crippen molar-refractivity contribution in [1.29, 1.82) is 0 Å². The van der Waals surface area contributed by atoms with Gasteiger partial charge in [0.1, 0.15) is 0 Å². The van der Waals surface area contributed by atoms with E-state index in [4.69, 9.17) is 17.3 Å². The Kier molecular flexibility index (Phi) is 4.10. The summed E-state index contributed by atoms with van der Waals surface area (Å²) in [6.07, 6.45) is 0. The molecule has 2 aromatic carbocycles. The Hall–Kier alpha value is -0.830. The molecule has 3 heteroatoms. The highest BCUT2D eigenvalue weighted by atomic mass is 79.9. The van der Waals surface area contributed by atoms with Crippen LogP contribution in [-0.4, -0.2) is 0 Å². The molecule has 18 heavy (non-hydrogen) atoms. The maximum Gasteiger partial charge on any atom is 0.0554 e.